The van der Waals surface area contributed by atoms with Crippen LogP contribution in [0.25, 0.3) is 0 Å². The highest BCUT2D eigenvalue weighted by Crippen LogP contribution is 2.09. The molecule has 0 radical (unpaired) electrons. The molecule has 0 aliphatic rings. The molecule has 0 aliphatic carbocycles. The molecule has 0 fully saturated rings. The normalized spacial score (nSPS) is 11.2. The number of hydrogen-bond donors (Lipinski definition) is 1. The molecule has 0 aromatic carbocycles. The van der Waals surface area contributed by atoms with E-state index in [0.29, 0.717) is 0 Å². The number of nitrogens with one attached hydrogen (secondary N) is 1. The number of pyridine rings is 1. The number of aryl methyl sites for hydroxylation is 3. The molecule has 1 N–H and O–H groups in total. The van der Waals surface area contributed by atoms with E-state index in [2.05, 4.69) is 52.3 Å². The van der Waals surface area contributed by atoms with Crippen LogP contribution in [-0.2, 0) is 13.1 Å². The van der Waals surface area contributed by atoms with Crippen molar-refractivity contribution in [2.45, 2.75) is 33.9 Å². The number of nitrogens with zero attached hydrogens (tertiary/aromatic N) is 3. The number of H-pyrrole nitrogens is 1. The topological polar surface area (TPSA) is 44.8 Å². The summed E-state index contributed by atoms with van der Waals surface area (Å²) in [4.78, 5) is 6.77. The predicted octanol–water partition coefficient (Wildman–Crippen LogP) is 2.36. The molecular formula is C14H20N4. The van der Waals surface area contributed by atoms with Gasteiger partial charge in [-0.2, -0.15) is 5.10 Å². The largest absolute Gasteiger partial charge is 0.295 e. The van der Waals surface area contributed by atoms with Gasteiger partial charge in [0.15, 0.2) is 0 Å². The molecule has 18 heavy (non-hydrogen) atoms. The second kappa shape index (κ2) is 5.31. The highest BCUT2D eigenvalue weighted by Gasteiger charge is 2.06. The van der Waals surface area contributed by atoms with Crippen molar-refractivity contribution in [1.29, 1.82) is 0 Å². The van der Waals surface area contributed by atoms with E-state index in [1.807, 2.05) is 13.8 Å². The number of rotatable bonds is 4. The Kier molecular flexibility index (Phi) is 3.77. The molecule has 0 saturated heterocycles. The summed E-state index contributed by atoms with van der Waals surface area (Å²) in [6.07, 6.45) is 0. The van der Waals surface area contributed by atoms with E-state index in [4.69, 9.17) is 0 Å². The van der Waals surface area contributed by atoms with Crippen molar-refractivity contribution in [3.8, 4) is 0 Å². The van der Waals surface area contributed by atoms with Crippen LogP contribution in [0.1, 0.15) is 28.3 Å². The van der Waals surface area contributed by atoms with Crippen molar-refractivity contribution in [1.82, 2.24) is 20.1 Å². The van der Waals surface area contributed by atoms with E-state index >= 15 is 0 Å². The van der Waals surface area contributed by atoms with Gasteiger partial charge in [-0.25, -0.2) is 0 Å². The Morgan fingerprint density at radius 2 is 1.78 bits per heavy atom. The van der Waals surface area contributed by atoms with E-state index in [1.54, 1.807) is 0 Å². The lowest BCUT2D eigenvalue weighted by molar-refractivity contribution is 0.311. The zero-order valence-corrected chi connectivity index (χ0v) is 11.5. The average Bonchev–Trinajstić information content (AvgIpc) is 2.61. The summed E-state index contributed by atoms with van der Waals surface area (Å²) in [5, 5.41) is 7.21. The van der Waals surface area contributed by atoms with Crippen LogP contribution in [0.5, 0.6) is 0 Å². The molecule has 4 heteroatoms. The lowest BCUT2D eigenvalue weighted by Gasteiger charge is -2.15. The van der Waals surface area contributed by atoms with E-state index in [-0.39, 0.29) is 0 Å². The van der Waals surface area contributed by atoms with E-state index in [1.165, 1.54) is 5.56 Å². The van der Waals surface area contributed by atoms with Crippen LogP contribution in [0.15, 0.2) is 18.2 Å². The van der Waals surface area contributed by atoms with E-state index in [0.717, 1.165) is 35.9 Å². The lowest BCUT2D eigenvalue weighted by Crippen LogP contribution is -2.18. The average molecular weight is 244 g/mol. The monoisotopic (exact) mass is 244 g/mol. The minimum Gasteiger partial charge on any atom is -0.295 e. The zero-order chi connectivity index (χ0) is 13.1. The van der Waals surface area contributed by atoms with Gasteiger partial charge in [0.2, 0.25) is 0 Å². The van der Waals surface area contributed by atoms with Gasteiger partial charge in [-0.15, -0.1) is 0 Å². The molecule has 0 atom stereocenters. The fourth-order valence-corrected chi connectivity index (χ4v) is 2.17. The van der Waals surface area contributed by atoms with Crippen LogP contribution >= 0.6 is 0 Å². The zero-order valence-electron chi connectivity index (χ0n) is 11.5. The minimum atomic E-state index is 0.832. The third-order valence-corrected chi connectivity index (χ3v) is 2.77. The first-order valence-electron chi connectivity index (χ1n) is 6.16. The second-order valence-corrected chi connectivity index (χ2v) is 4.99. The Balaban J connectivity index is 2.00. The molecule has 0 saturated carbocycles. The van der Waals surface area contributed by atoms with Crippen LogP contribution in [0, 0.1) is 20.8 Å². The smallest absolute Gasteiger partial charge is 0.0765 e. The van der Waals surface area contributed by atoms with Gasteiger partial charge in [0.05, 0.1) is 11.4 Å². The Labute approximate surface area is 108 Å². The molecular weight excluding hydrogens is 224 g/mol. The van der Waals surface area contributed by atoms with Gasteiger partial charge in [-0.3, -0.25) is 15.0 Å². The molecule has 2 aromatic heterocycles. The summed E-state index contributed by atoms with van der Waals surface area (Å²) in [7, 11) is 2.09. The predicted molar refractivity (Wildman–Crippen MR) is 72.2 cm³/mol. The van der Waals surface area contributed by atoms with Gasteiger partial charge in [0.25, 0.3) is 0 Å². The van der Waals surface area contributed by atoms with Crippen molar-refractivity contribution in [2.24, 2.45) is 0 Å². The van der Waals surface area contributed by atoms with Gasteiger partial charge in [-0.05, 0) is 51.6 Å². The molecule has 2 rings (SSSR count). The van der Waals surface area contributed by atoms with Gasteiger partial charge in [0.1, 0.15) is 0 Å². The summed E-state index contributed by atoms with van der Waals surface area (Å²) in [5.41, 5.74) is 5.63. The maximum absolute atomic E-state index is 4.55. The first kappa shape index (κ1) is 12.8. The number of aromatic amines is 1. The minimum absolute atomic E-state index is 0.832. The van der Waals surface area contributed by atoms with Crippen molar-refractivity contribution in [3.63, 3.8) is 0 Å². The third-order valence-electron chi connectivity index (χ3n) is 2.77. The summed E-state index contributed by atoms with van der Waals surface area (Å²) >= 11 is 0. The fourth-order valence-electron chi connectivity index (χ4n) is 2.17. The van der Waals surface area contributed by atoms with Gasteiger partial charge in [0, 0.05) is 24.5 Å². The first-order chi connectivity index (χ1) is 8.52. The summed E-state index contributed by atoms with van der Waals surface area (Å²) in [6, 6.07) is 6.31. The highest BCUT2D eigenvalue weighted by molar-refractivity contribution is 5.19. The van der Waals surface area contributed by atoms with Gasteiger partial charge in [-0.1, -0.05) is 0 Å². The molecule has 96 valence electrons. The molecule has 4 nitrogen and oxygen atoms in total. The third kappa shape index (κ3) is 3.40. The lowest BCUT2D eigenvalue weighted by atomic mass is 10.2. The number of hydrogen-bond acceptors (Lipinski definition) is 3. The molecule has 0 bridgehead atoms. The molecule has 0 unspecified atom stereocenters. The van der Waals surface area contributed by atoms with Crippen LogP contribution in [-0.4, -0.2) is 27.1 Å². The summed E-state index contributed by atoms with van der Waals surface area (Å²) in [5.74, 6) is 0. The van der Waals surface area contributed by atoms with Crippen LogP contribution in [0.4, 0.5) is 0 Å². The van der Waals surface area contributed by atoms with Crippen molar-refractivity contribution in [2.75, 3.05) is 7.05 Å². The summed E-state index contributed by atoms with van der Waals surface area (Å²) in [6.45, 7) is 7.83. The van der Waals surface area contributed by atoms with E-state index in [9.17, 15) is 0 Å². The molecule has 0 spiro atoms. The van der Waals surface area contributed by atoms with Crippen LogP contribution in [0.2, 0.25) is 0 Å². The van der Waals surface area contributed by atoms with Crippen LogP contribution < -0.4 is 0 Å². The van der Waals surface area contributed by atoms with Crippen molar-refractivity contribution in [3.05, 3.63) is 46.5 Å². The Morgan fingerprint density at radius 3 is 2.39 bits per heavy atom. The second-order valence-electron chi connectivity index (χ2n) is 4.99. The van der Waals surface area contributed by atoms with Crippen molar-refractivity contribution >= 4 is 0 Å². The molecule has 2 heterocycles. The number of aromatic nitrogens is 3. The van der Waals surface area contributed by atoms with Gasteiger partial charge < -0.3 is 0 Å². The molecule has 2 aromatic rings. The first-order valence-corrected chi connectivity index (χ1v) is 6.16. The summed E-state index contributed by atoms with van der Waals surface area (Å²) < 4.78 is 0. The van der Waals surface area contributed by atoms with Gasteiger partial charge >= 0.3 is 0 Å². The Hall–Kier alpha value is -1.68. The maximum atomic E-state index is 4.55. The molecule has 0 aliphatic heterocycles. The standard InChI is InChI=1S/C14H20N4/c1-10-5-11(2)15-13(6-10)8-18(4)9-14-7-12(3)16-17-14/h5-7H,8-9H2,1-4H3,(H,16,17). The van der Waals surface area contributed by atoms with Crippen molar-refractivity contribution < 1.29 is 0 Å². The van der Waals surface area contributed by atoms with E-state index < -0.39 is 0 Å². The van der Waals surface area contributed by atoms with Crippen LogP contribution in [0.3, 0.4) is 0 Å². The SMILES string of the molecule is Cc1cc(C)nc(CN(C)Cc2cc(C)[nH]n2)c1. The quantitative estimate of drug-likeness (QED) is 0.898. The fraction of sp³-hybridized carbons (Fsp3) is 0.429. The Bertz CT molecular complexity index is 510. The maximum Gasteiger partial charge on any atom is 0.0765 e. The highest BCUT2D eigenvalue weighted by atomic mass is 15.2. The Morgan fingerprint density at radius 1 is 1.06 bits per heavy atom. The molecule has 0 amide bonds.